The molecule has 2 aliphatic rings. The first kappa shape index (κ1) is 13.9. The molecule has 1 aromatic carbocycles. The van der Waals surface area contributed by atoms with Crippen molar-refractivity contribution < 1.29 is 0 Å². The van der Waals surface area contributed by atoms with Gasteiger partial charge in [0.05, 0.1) is 5.69 Å². The predicted octanol–water partition coefficient (Wildman–Crippen LogP) is 3.55. The molecule has 2 aromatic heterocycles. The van der Waals surface area contributed by atoms with Gasteiger partial charge in [-0.05, 0) is 36.5 Å². The van der Waals surface area contributed by atoms with Gasteiger partial charge in [-0.15, -0.1) is 0 Å². The van der Waals surface area contributed by atoms with Crippen LogP contribution >= 0.6 is 0 Å². The number of aromatic nitrogens is 3. The summed E-state index contributed by atoms with van der Waals surface area (Å²) in [7, 11) is 0. The molecule has 4 nitrogen and oxygen atoms in total. The first-order chi connectivity index (χ1) is 11.9. The van der Waals surface area contributed by atoms with Gasteiger partial charge < -0.3 is 0 Å². The Labute approximate surface area is 141 Å². The van der Waals surface area contributed by atoms with Crippen molar-refractivity contribution in [2.45, 2.75) is 37.9 Å². The molecule has 1 fully saturated rings. The third-order valence-corrected chi connectivity index (χ3v) is 5.31. The van der Waals surface area contributed by atoms with E-state index in [0.29, 0.717) is 12.1 Å². The quantitative estimate of drug-likeness (QED) is 0.741. The third-order valence-electron chi connectivity index (χ3n) is 5.31. The first-order valence-corrected chi connectivity index (χ1v) is 8.67. The lowest BCUT2D eigenvalue weighted by atomic mass is 9.95. The molecule has 4 heterocycles. The van der Waals surface area contributed by atoms with Gasteiger partial charge in [-0.1, -0.05) is 36.4 Å². The molecular weight excluding hydrogens is 296 g/mol. The van der Waals surface area contributed by atoms with E-state index >= 15 is 0 Å². The molecule has 5 rings (SSSR count). The second-order valence-electron chi connectivity index (χ2n) is 6.79. The zero-order chi connectivity index (χ0) is 15.9. The van der Waals surface area contributed by atoms with E-state index in [9.17, 15) is 0 Å². The molecule has 2 atom stereocenters. The average molecular weight is 316 g/mol. The van der Waals surface area contributed by atoms with Gasteiger partial charge in [-0.2, -0.15) is 0 Å². The number of hydrogen-bond donors (Lipinski definition) is 0. The van der Waals surface area contributed by atoms with E-state index in [1.165, 1.54) is 24.0 Å². The molecule has 2 unspecified atom stereocenters. The topological polar surface area (TPSA) is 33.4 Å². The number of benzene rings is 1. The van der Waals surface area contributed by atoms with Crippen molar-refractivity contribution in [3.63, 3.8) is 0 Å². The molecule has 1 saturated heterocycles. The standard InChI is InChI=1S/C20H20N4/c1-2-5-15(6-3-1)16-11-18-7-8-19(12-16)24(18)14-17-13-23-10-4-9-21-20(23)22-17/h1-6,9-11,13,18-19H,7-8,12,14H2. The fourth-order valence-corrected chi connectivity index (χ4v) is 4.17. The highest BCUT2D eigenvalue weighted by Crippen LogP contribution is 2.39. The highest BCUT2D eigenvalue weighted by molar-refractivity contribution is 5.68. The Kier molecular flexibility index (Phi) is 3.23. The summed E-state index contributed by atoms with van der Waals surface area (Å²) in [5.74, 6) is 0.789. The average Bonchev–Trinajstić information content (AvgIpc) is 3.12. The van der Waals surface area contributed by atoms with Crippen LogP contribution in [0.15, 0.2) is 61.1 Å². The van der Waals surface area contributed by atoms with E-state index < -0.39 is 0 Å². The van der Waals surface area contributed by atoms with Gasteiger partial charge in [-0.3, -0.25) is 9.30 Å². The summed E-state index contributed by atoms with van der Waals surface area (Å²) in [5, 5.41) is 0. The molecule has 2 aliphatic heterocycles. The Morgan fingerprint density at radius 3 is 2.83 bits per heavy atom. The maximum Gasteiger partial charge on any atom is 0.233 e. The maximum absolute atomic E-state index is 4.67. The lowest BCUT2D eigenvalue weighted by molar-refractivity contribution is 0.201. The van der Waals surface area contributed by atoms with Crippen molar-refractivity contribution >= 4 is 11.4 Å². The van der Waals surface area contributed by atoms with Crippen LogP contribution in [0.1, 0.15) is 30.5 Å². The smallest absolute Gasteiger partial charge is 0.233 e. The minimum atomic E-state index is 0.539. The van der Waals surface area contributed by atoms with E-state index in [2.05, 4.69) is 57.5 Å². The lowest BCUT2D eigenvalue weighted by Gasteiger charge is -2.33. The summed E-state index contributed by atoms with van der Waals surface area (Å²) in [6.45, 7) is 0.914. The molecule has 0 amide bonds. The van der Waals surface area contributed by atoms with Crippen LogP contribution in [0.25, 0.3) is 11.4 Å². The van der Waals surface area contributed by atoms with E-state index in [0.717, 1.165) is 24.4 Å². The molecule has 3 aromatic rings. The minimum absolute atomic E-state index is 0.539. The summed E-state index contributed by atoms with van der Waals surface area (Å²) in [5.41, 5.74) is 4.00. The van der Waals surface area contributed by atoms with Gasteiger partial charge in [-0.25, -0.2) is 9.97 Å². The molecule has 0 spiro atoms. The van der Waals surface area contributed by atoms with Crippen LogP contribution in [0.3, 0.4) is 0 Å². The van der Waals surface area contributed by atoms with Gasteiger partial charge in [0.15, 0.2) is 0 Å². The molecule has 0 aliphatic carbocycles. The van der Waals surface area contributed by atoms with Crippen LogP contribution in [0, 0.1) is 0 Å². The summed E-state index contributed by atoms with van der Waals surface area (Å²) >= 11 is 0. The van der Waals surface area contributed by atoms with Crippen LogP contribution in [0.5, 0.6) is 0 Å². The Hall–Kier alpha value is -2.46. The van der Waals surface area contributed by atoms with Crippen molar-refractivity contribution in [1.82, 2.24) is 19.3 Å². The second-order valence-corrected chi connectivity index (χ2v) is 6.79. The maximum atomic E-state index is 4.67. The first-order valence-electron chi connectivity index (χ1n) is 8.67. The predicted molar refractivity (Wildman–Crippen MR) is 94.4 cm³/mol. The van der Waals surface area contributed by atoms with E-state index in [4.69, 9.17) is 0 Å². The molecule has 120 valence electrons. The van der Waals surface area contributed by atoms with Crippen molar-refractivity contribution in [2.24, 2.45) is 0 Å². The van der Waals surface area contributed by atoms with Crippen molar-refractivity contribution in [3.05, 3.63) is 72.3 Å². The van der Waals surface area contributed by atoms with Gasteiger partial charge in [0.25, 0.3) is 0 Å². The summed E-state index contributed by atoms with van der Waals surface area (Å²) in [6, 6.07) is 13.9. The molecular formula is C20H20N4. The van der Waals surface area contributed by atoms with Crippen LogP contribution in [0.4, 0.5) is 0 Å². The molecule has 2 bridgehead atoms. The lowest BCUT2D eigenvalue weighted by Crippen LogP contribution is -2.37. The monoisotopic (exact) mass is 316 g/mol. The number of fused-ring (bicyclic) bond motifs is 3. The molecule has 0 radical (unpaired) electrons. The Bertz CT molecular complexity index is 863. The summed E-state index contributed by atoms with van der Waals surface area (Å²) in [6.07, 6.45) is 12.1. The van der Waals surface area contributed by atoms with Gasteiger partial charge in [0.1, 0.15) is 0 Å². The normalized spacial score (nSPS) is 23.6. The number of nitrogens with zero attached hydrogens (tertiary/aromatic N) is 4. The number of hydrogen-bond acceptors (Lipinski definition) is 3. The Morgan fingerprint density at radius 1 is 1.08 bits per heavy atom. The second kappa shape index (κ2) is 5.56. The Balaban J connectivity index is 1.41. The van der Waals surface area contributed by atoms with Crippen LogP contribution in [-0.2, 0) is 6.54 Å². The van der Waals surface area contributed by atoms with Crippen LogP contribution in [-0.4, -0.2) is 31.4 Å². The van der Waals surface area contributed by atoms with Gasteiger partial charge >= 0.3 is 0 Å². The molecule has 0 N–H and O–H groups in total. The summed E-state index contributed by atoms with van der Waals surface area (Å²) < 4.78 is 2.01. The number of rotatable bonds is 3. The minimum Gasteiger partial charge on any atom is -0.291 e. The highest BCUT2D eigenvalue weighted by atomic mass is 15.2. The van der Waals surface area contributed by atoms with Gasteiger partial charge in [0, 0.05) is 37.2 Å². The SMILES string of the molecule is C1=C(c2ccccc2)CC2CCC1N2Cc1cn2cccnc2n1. The highest BCUT2D eigenvalue weighted by Gasteiger charge is 2.36. The number of imidazole rings is 1. The fraction of sp³-hybridized carbons (Fsp3) is 0.300. The summed E-state index contributed by atoms with van der Waals surface area (Å²) in [4.78, 5) is 11.6. The van der Waals surface area contributed by atoms with E-state index in [-0.39, 0.29) is 0 Å². The fourth-order valence-electron chi connectivity index (χ4n) is 4.17. The molecule has 4 heteroatoms. The zero-order valence-electron chi connectivity index (χ0n) is 13.5. The van der Waals surface area contributed by atoms with E-state index in [1.54, 1.807) is 6.20 Å². The van der Waals surface area contributed by atoms with Crippen LogP contribution < -0.4 is 0 Å². The zero-order valence-corrected chi connectivity index (χ0v) is 13.5. The van der Waals surface area contributed by atoms with Crippen molar-refractivity contribution in [1.29, 1.82) is 0 Å². The Morgan fingerprint density at radius 2 is 2.00 bits per heavy atom. The van der Waals surface area contributed by atoms with Crippen LogP contribution in [0.2, 0.25) is 0 Å². The third kappa shape index (κ3) is 2.34. The van der Waals surface area contributed by atoms with Crippen molar-refractivity contribution in [3.8, 4) is 0 Å². The molecule has 24 heavy (non-hydrogen) atoms. The van der Waals surface area contributed by atoms with E-state index in [1.807, 2.05) is 16.7 Å². The van der Waals surface area contributed by atoms with Gasteiger partial charge in [0.2, 0.25) is 5.78 Å². The van der Waals surface area contributed by atoms with Crippen molar-refractivity contribution in [2.75, 3.05) is 0 Å². The largest absolute Gasteiger partial charge is 0.291 e. The molecule has 0 saturated carbocycles.